The lowest BCUT2D eigenvalue weighted by atomic mass is 9.87. The first-order valence-electron chi connectivity index (χ1n) is 6.02. The summed E-state index contributed by atoms with van der Waals surface area (Å²) in [6.45, 7) is 2.29. The Labute approximate surface area is 101 Å². The Morgan fingerprint density at radius 3 is 2.56 bits per heavy atom. The van der Waals surface area contributed by atoms with Crippen LogP contribution in [0.2, 0.25) is 0 Å². The Kier molecular flexibility index (Phi) is 4.04. The predicted molar refractivity (Wildman–Crippen MR) is 68.3 cm³/mol. The van der Waals surface area contributed by atoms with Crippen LogP contribution in [0.5, 0.6) is 0 Å². The molecule has 1 aliphatic rings. The predicted octanol–water partition coefficient (Wildman–Crippen LogP) is 3.12. The molecule has 0 atom stereocenters. The van der Waals surface area contributed by atoms with Crippen LogP contribution in [-0.2, 0) is 0 Å². The van der Waals surface area contributed by atoms with Crippen LogP contribution >= 0.6 is 11.8 Å². The van der Waals surface area contributed by atoms with E-state index in [4.69, 9.17) is 5.73 Å². The maximum absolute atomic E-state index is 5.80. The van der Waals surface area contributed by atoms with Crippen LogP contribution < -0.4 is 5.73 Å². The van der Waals surface area contributed by atoms with Crippen LogP contribution in [0.25, 0.3) is 0 Å². The molecule has 1 aliphatic carbocycles. The van der Waals surface area contributed by atoms with Crippen molar-refractivity contribution in [1.29, 1.82) is 0 Å². The largest absolute Gasteiger partial charge is 0.381 e. The standard InChI is InChI=1S/C12H19N3S/c1-2-9-3-5-10(6-4-9)16-12-11(13)14-7-8-15-12/h7-10H,2-6H2,1H3,(H2,13,14). The number of nitrogens with two attached hydrogens (primary N) is 1. The molecule has 16 heavy (non-hydrogen) atoms. The van der Waals surface area contributed by atoms with E-state index in [1.54, 1.807) is 24.2 Å². The fourth-order valence-electron chi connectivity index (χ4n) is 2.24. The van der Waals surface area contributed by atoms with E-state index in [9.17, 15) is 0 Å². The first-order valence-corrected chi connectivity index (χ1v) is 6.90. The fourth-order valence-corrected chi connectivity index (χ4v) is 3.36. The number of nitrogen functional groups attached to an aromatic ring is 1. The van der Waals surface area contributed by atoms with Gasteiger partial charge in [-0.2, -0.15) is 0 Å². The minimum absolute atomic E-state index is 0.574. The lowest BCUT2D eigenvalue weighted by Gasteiger charge is -2.27. The highest BCUT2D eigenvalue weighted by atomic mass is 32.2. The van der Waals surface area contributed by atoms with Crippen molar-refractivity contribution in [2.45, 2.75) is 49.3 Å². The molecule has 0 spiro atoms. The third-order valence-electron chi connectivity index (χ3n) is 3.34. The summed E-state index contributed by atoms with van der Waals surface area (Å²) < 4.78 is 0. The van der Waals surface area contributed by atoms with Gasteiger partial charge in [0.2, 0.25) is 0 Å². The van der Waals surface area contributed by atoms with Gasteiger partial charge in [-0.05, 0) is 31.6 Å². The minimum atomic E-state index is 0.574. The number of hydrogen-bond acceptors (Lipinski definition) is 4. The molecule has 88 valence electrons. The van der Waals surface area contributed by atoms with Crippen molar-refractivity contribution in [3.8, 4) is 0 Å². The van der Waals surface area contributed by atoms with Crippen molar-refractivity contribution in [3.63, 3.8) is 0 Å². The van der Waals surface area contributed by atoms with E-state index in [2.05, 4.69) is 16.9 Å². The molecule has 3 nitrogen and oxygen atoms in total. The molecular weight excluding hydrogens is 218 g/mol. The highest BCUT2D eigenvalue weighted by molar-refractivity contribution is 8.00. The van der Waals surface area contributed by atoms with Gasteiger partial charge in [-0.15, -0.1) is 0 Å². The second-order valence-corrected chi connectivity index (χ2v) is 5.70. The maximum atomic E-state index is 5.80. The summed E-state index contributed by atoms with van der Waals surface area (Å²) in [5.41, 5.74) is 5.80. The van der Waals surface area contributed by atoms with E-state index in [-0.39, 0.29) is 0 Å². The zero-order valence-corrected chi connectivity index (χ0v) is 10.5. The van der Waals surface area contributed by atoms with Gasteiger partial charge in [-0.25, -0.2) is 9.97 Å². The summed E-state index contributed by atoms with van der Waals surface area (Å²) >= 11 is 1.81. The minimum Gasteiger partial charge on any atom is -0.381 e. The molecule has 0 amide bonds. The molecule has 1 aromatic heterocycles. The van der Waals surface area contributed by atoms with Crippen molar-refractivity contribution in [2.24, 2.45) is 5.92 Å². The van der Waals surface area contributed by atoms with E-state index in [1.165, 1.54) is 32.1 Å². The average Bonchev–Trinajstić information content (AvgIpc) is 2.33. The van der Waals surface area contributed by atoms with Gasteiger partial charge in [0.1, 0.15) is 5.03 Å². The van der Waals surface area contributed by atoms with Crippen LogP contribution in [-0.4, -0.2) is 15.2 Å². The molecule has 0 radical (unpaired) electrons. The van der Waals surface area contributed by atoms with Gasteiger partial charge >= 0.3 is 0 Å². The van der Waals surface area contributed by atoms with Crippen LogP contribution in [0, 0.1) is 5.92 Å². The van der Waals surface area contributed by atoms with Crippen molar-refractivity contribution < 1.29 is 0 Å². The molecular formula is C12H19N3S. The Morgan fingerprint density at radius 1 is 1.25 bits per heavy atom. The Hall–Kier alpha value is -0.770. The Bertz CT molecular complexity index is 335. The monoisotopic (exact) mass is 237 g/mol. The smallest absolute Gasteiger partial charge is 0.156 e. The van der Waals surface area contributed by atoms with Crippen molar-refractivity contribution in [1.82, 2.24) is 9.97 Å². The van der Waals surface area contributed by atoms with Gasteiger partial charge in [0.05, 0.1) is 0 Å². The number of rotatable bonds is 3. The van der Waals surface area contributed by atoms with Crippen molar-refractivity contribution >= 4 is 17.6 Å². The highest BCUT2D eigenvalue weighted by Gasteiger charge is 2.21. The summed E-state index contributed by atoms with van der Waals surface area (Å²) in [5.74, 6) is 1.51. The molecule has 0 bridgehead atoms. The lowest BCUT2D eigenvalue weighted by molar-refractivity contribution is 0.356. The van der Waals surface area contributed by atoms with E-state index in [1.807, 2.05) is 0 Å². The van der Waals surface area contributed by atoms with E-state index in [0.29, 0.717) is 11.1 Å². The fraction of sp³-hybridized carbons (Fsp3) is 0.667. The quantitative estimate of drug-likeness (QED) is 0.877. The summed E-state index contributed by atoms with van der Waals surface area (Å²) in [6.07, 6.45) is 9.98. The number of anilines is 1. The van der Waals surface area contributed by atoms with E-state index in [0.717, 1.165) is 10.9 Å². The van der Waals surface area contributed by atoms with Gasteiger partial charge in [0.25, 0.3) is 0 Å². The molecule has 2 rings (SSSR count). The van der Waals surface area contributed by atoms with Gasteiger partial charge in [0, 0.05) is 17.6 Å². The number of nitrogens with zero attached hydrogens (tertiary/aromatic N) is 2. The second kappa shape index (κ2) is 5.53. The van der Waals surface area contributed by atoms with Gasteiger partial charge in [-0.3, -0.25) is 0 Å². The lowest BCUT2D eigenvalue weighted by Crippen LogP contribution is -2.16. The van der Waals surface area contributed by atoms with Crippen LogP contribution in [0.4, 0.5) is 5.82 Å². The Morgan fingerprint density at radius 2 is 1.94 bits per heavy atom. The number of thioether (sulfide) groups is 1. The van der Waals surface area contributed by atoms with E-state index < -0.39 is 0 Å². The number of aromatic nitrogens is 2. The van der Waals surface area contributed by atoms with E-state index >= 15 is 0 Å². The summed E-state index contributed by atoms with van der Waals surface area (Å²) in [5, 5.41) is 1.59. The van der Waals surface area contributed by atoms with Crippen LogP contribution in [0.1, 0.15) is 39.0 Å². The number of hydrogen-bond donors (Lipinski definition) is 1. The summed E-state index contributed by atoms with van der Waals surface area (Å²) in [7, 11) is 0. The molecule has 0 unspecified atom stereocenters. The van der Waals surface area contributed by atoms with Crippen molar-refractivity contribution in [2.75, 3.05) is 5.73 Å². The SMILES string of the molecule is CCC1CCC(Sc2nccnc2N)CC1. The topological polar surface area (TPSA) is 51.8 Å². The third kappa shape index (κ3) is 2.88. The van der Waals surface area contributed by atoms with Crippen LogP contribution in [0.3, 0.4) is 0 Å². The molecule has 1 saturated carbocycles. The molecule has 0 saturated heterocycles. The molecule has 1 fully saturated rings. The zero-order chi connectivity index (χ0) is 11.4. The van der Waals surface area contributed by atoms with Gasteiger partial charge in [-0.1, -0.05) is 25.1 Å². The Balaban J connectivity index is 1.89. The summed E-state index contributed by atoms with van der Waals surface area (Å²) in [6, 6.07) is 0. The second-order valence-electron chi connectivity index (χ2n) is 4.42. The third-order valence-corrected chi connectivity index (χ3v) is 4.68. The van der Waals surface area contributed by atoms with Gasteiger partial charge in [0.15, 0.2) is 5.82 Å². The molecule has 1 aromatic rings. The van der Waals surface area contributed by atoms with Crippen molar-refractivity contribution in [3.05, 3.63) is 12.4 Å². The summed E-state index contributed by atoms with van der Waals surface area (Å²) in [4.78, 5) is 8.36. The maximum Gasteiger partial charge on any atom is 0.156 e. The average molecular weight is 237 g/mol. The molecule has 4 heteroatoms. The highest BCUT2D eigenvalue weighted by Crippen LogP contribution is 2.37. The molecule has 1 heterocycles. The van der Waals surface area contributed by atoms with Crippen LogP contribution in [0.15, 0.2) is 17.4 Å². The first-order chi connectivity index (χ1) is 7.79. The normalized spacial score (nSPS) is 25.6. The first kappa shape index (κ1) is 11.7. The molecule has 0 aromatic carbocycles. The zero-order valence-electron chi connectivity index (χ0n) is 9.72. The molecule has 0 aliphatic heterocycles. The molecule has 2 N–H and O–H groups in total. The van der Waals surface area contributed by atoms with Gasteiger partial charge < -0.3 is 5.73 Å².